The number of aromatic nitrogens is 5. The second kappa shape index (κ2) is 6.33. The van der Waals surface area contributed by atoms with Crippen LogP contribution < -0.4 is 5.69 Å². The lowest BCUT2D eigenvalue weighted by Gasteiger charge is -2.32. The molecular weight excluding hydrogens is 356 g/mol. The number of piperidine rings is 1. The van der Waals surface area contributed by atoms with Crippen LogP contribution in [0.3, 0.4) is 0 Å². The molecule has 0 spiro atoms. The minimum Gasteiger partial charge on any atom is -0.341 e. The maximum Gasteiger partial charge on any atom is 0.327 e. The Labute approximate surface area is 160 Å². The van der Waals surface area contributed by atoms with E-state index in [-0.39, 0.29) is 17.6 Å². The molecule has 1 fully saturated rings. The van der Waals surface area contributed by atoms with Crippen molar-refractivity contribution in [2.75, 3.05) is 13.1 Å². The molecule has 0 aromatic carbocycles. The number of nitrogens with zero attached hydrogens (tertiary/aromatic N) is 5. The second-order valence-corrected chi connectivity index (χ2v) is 7.22. The number of rotatable bonds is 2. The molecule has 0 radical (unpaired) electrons. The first-order valence-corrected chi connectivity index (χ1v) is 9.41. The maximum absolute atomic E-state index is 12.7. The summed E-state index contributed by atoms with van der Waals surface area (Å²) in [5.41, 5.74) is 3.77. The molecule has 5 rings (SSSR count). The molecular formula is C20H20N6O2. The molecule has 0 bridgehead atoms. The van der Waals surface area contributed by atoms with Gasteiger partial charge in [-0.1, -0.05) is 6.07 Å². The van der Waals surface area contributed by atoms with Crippen LogP contribution in [0.15, 0.2) is 47.5 Å². The monoisotopic (exact) mass is 376 g/mol. The lowest BCUT2D eigenvalue weighted by Crippen LogP contribution is -2.41. The Balaban J connectivity index is 1.63. The van der Waals surface area contributed by atoms with Crippen LogP contribution in [0, 0.1) is 0 Å². The number of hydrogen-bond acceptors (Lipinski definition) is 4. The Bertz CT molecular complexity index is 1250. The van der Waals surface area contributed by atoms with Gasteiger partial charge >= 0.3 is 5.69 Å². The van der Waals surface area contributed by atoms with Gasteiger partial charge in [0, 0.05) is 31.8 Å². The Hall–Kier alpha value is -3.42. The van der Waals surface area contributed by atoms with Crippen LogP contribution in [-0.2, 0) is 4.79 Å². The lowest BCUT2D eigenvalue weighted by atomic mass is 10.1. The van der Waals surface area contributed by atoms with E-state index in [9.17, 15) is 9.59 Å². The third-order valence-corrected chi connectivity index (χ3v) is 5.47. The highest BCUT2D eigenvalue weighted by atomic mass is 16.2. The van der Waals surface area contributed by atoms with Crippen molar-refractivity contribution in [3.05, 3.63) is 53.2 Å². The van der Waals surface area contributed by atoms with Gasteiger partial charge in [-0.05, 0) is 37.1 Å². The van der Waals surface area contributed by atoms with E-state index in [0.29, 0.717) is 17.7 Å². The molecule has 4 aromatic heterocycles. The molecule has 8 nitrogen and oxygen atoms in total. The minimum atomic E-state index is -0.185. The summed E-state index contributed by atoms with van der Waals surface area (Å²) in [6.07, 6.45) is 5.40. The average molecular weight is 376 g/mol. The summed E-state index contributed by atoms with van der Waals surface area (Å²) >= 11 is 0. The molecule has 4 aromatic rings. The quantitative estimate of drug-likeness (QED) is 0.581. The van der Waals surface area contributed by atoms with Crippen LogP contribution in [0.25, 0.3) is 27.9 Å². The summed E-state index contributed by atoms with van der Waals surface area (Å²) in [4.78, 5) is 34.0. The van der Waals surface area contributed by atoms with Crippen molar-refractivity contribution in [3.63, 3.8) is 0 Å². The summed E-state index contributed by atoms with van der Waals surface area (Å²) in [5, 5.41) is 4.38. The topological polar surface area (TPSA) is 88.3 Å². The van der Waals surface area contributed by atoms with Gasteiger partial charge in [-0.3, -0.25) is 9.36 Å². The highest BCUT2D eigenvalue weighted by Gasteiger charge is 2.26. The summed E-state index contributed by atoms with van der Waals surface area (Å²) in [5.74, 6) is 0.0394. The Morgan fingerprint density at radius 2 is 2.14 bits per heavy atom. The molecule has 0 unspecified atom stereocenters. The Kier molecular flexibility index (Phi) is 3.78. The van der Waals surface area contributed by atoms with Gasteiger partial charge in [0.05, 0.1) is 29.0 Å². The molecule has 1 aliphatic rings. The van der Waals surface area contributed by atoms with Crippen molar-refractivity contribution in [3.8, 4) is 11.3 Å². The number of H-pyrrole nitrogens is 1. The van der Waals surface area contributed by atoms with Crippen LogP contribution >= 0.6 is 0 Å². The van der Waals surface area contributed by atoms with Crippen LogP contribution in [0.2, 0.25) is 0 Å². The predicted molar refractivity (Wildman–Crippen MR) is 105 cm³/mol. The molecule has 0 aliphatic carbocycles. The largest absolute Gasteiger partial charge is 0.341 e. The molecule has 1 amide bonds. The second-order valence-electron chi connectivity index (χ2n) is 7.22. The standard InChI is InChI=1S/C20H20N6O2/c1-13(27)24-9-4-5-14(12-24)26-19-17(23-20(26)28)8-7-16(22-19)15-11-21-25-10-3-2-6-18(15)25/h2-3,6-8,10-11,14H,4-5,9,12H2,1H3,(H,23,28)/t14-/m0/s1. The van der Waals surface area contributed by atoms with E-state index in [1.807, 2.05) is 36.5 Å². The summed E-state index contributed by atoms with van der Waals surface area (Å²) in [6, 6.07) is 9.58. The SMILES string of the molecule is CC(=O)N1CCC[C@H](n2c(=O)[nH]c3ccc(-c4cnn5ccccc45)nc32)C1. The average Bonchev–Trinajstić information content (AvgIpc) is 3.27. The zero-order chi connectivity index (χ0) is 19.3. The maximum atomic E-state index is 12.7. The predicted octanol–water partition coefficient (Wildman–Crippen LogP) is 2.22. The van der Waals surface area contributed by atoms with Crippen LogP contribution in [0.1, 0.15) is 25.8 Å². The number of carbonyl (C=O) groups excluding carboxylic acids is 1. The summed E-state index contributed by atoms with van der Waals surface area (Å²) < 4.78 is 3.51. The fraction of sp³-hybridized carbons (Fsp3) is 0.300. The molecule has 8 heteroatoms. The first-order chi connectivity index (χ1) is 13.6. The minimum absolute atomic E-state index is 0.0394. The van der Waals surface area contributed by atoms with E-state index in [1.54, 1.807) is 27.1 Å². The van der Waals surface area contributed by atoms with E-state index in [4.69, 9.17) is 4.98 Å². The smallest absolute Gasteiger partial charge is 0.327 e. The zero-order valence-corrected chi connectivity index (χ0v) is 15.5. The number of nitrogens with one attached hydrogen (secondary N) is 1. The van der Waals surface area contributed by atoms with E-state index >= 15 is 0 Å². The number of fused-ring (bicyclic) bond motifs is 2. The number of hydrogen-bond donors (Lipinski definition) is 1. The van der Waals surface area contributed by atoms with Gasteiger partial charge in [-0.25, -0.2) is 14.3 Å². The Morgan fingerprint density at radius 1 is 1.25 bits per heavy atom. The van der Waals surface area contributed by atoms with Crippen LogP contribution in [0.5, 0.6) is 0 Å². The molecule has 1 N–H and O–H groups in total. The first kappa shape index (κ1) is 16.7. The highest BCUT2D eigenvalue weighted by Crippen LogP contribution is 2.27. The fourth-order valence-electron chi connectivity index (χ4n) is 4.07. The van der Waals surface area contributed by atoms with Crippen molar-refractivity contribution in [1.29, 1.82) is 0 Å². The number of amides is 1. The van der Waals surface area contributed by atoms with Gasteiger partial charge in [0.25, 0.3) is 0 Å². The highest BCUT2D eigenvalue weighted by molar-refractivity contribution is 5.82. The molecule has 5 heterocycles. The Morgan fingerprint density at radius 3 is 3.00 bits per heavy atom. The van der Waals surface area contributed by atoms with Gasteiger partial charge in [0.15, 0.2) is 5.65 Å². The van der Waals surface area contributed by atoms with E-state index < -0.39 is 0 Å². The van der Waals surface area contributed by atoms with E-state index in [2.05, 4.69) is 10.1 Å². The van der Waals surface area contributed by atoms with Gasteiger partial charge in [-0.15, -0.1) is 0 Å². The molecule has 1 aliphatic heterocycles. The summed E-state index contributed by atoms with van der Waals surface area (Å²) in [6.45, 7) is 2.84. The molecule has 142 valence electrons. The number of likely N-dealkylation sites (tertiary alicyclic amines) is 1. The van der Waals surface area contributed by atoms with Crippen molar-refractivity contribution in [2.24, 2.45) is 0 Å². The molecule has 28 heavy (non-hydrogen) atoms. The molecule has 1 atom stereocenters. The summed E-state index contributed by atoms with van der Waals surface area (Å²) in [7, 11) is 0. The van der Waals surface area contributed by atoms with Crippen molar-refractivity contribution >= 4 is 22.6 Å². The van der Waals surface area contributed by atoms with Gasteiger partial charge in [0.2, 0.25) is 5.91 Å². The number of carbonyl (C=O) groups is 1. The zero-order valence-electron chi connectivity index (χ0n) is 15.5. The number of aromatic amines is 1. The normalized spacial score (nSPS) is 17.5. The fourth-order valence-corrected chi connectivity index (χ4v) is 4.07. The van der Waals surface area contributed by atoms with E-state index in [0.717, 1.165) is 36.2 Å². The van der Waals surface area contributed by atoms with Crippen LogP contribution in [-0.4, -0.2) is 48.0 Å². The van der Waals surface area contributed by atoms with Crippen molar-refractivity contribution in [1.82, 2.24) is 29.0 Å². The van der Waals surface area contributed by atoms with Crippen molar-refractivity contribution in [2.45, 2.75) is 25.8 Å². The van der Waals surface area contributed by atoms with Gasteiger partial charge in [-0.2, -0.15) is 5.10 Å². The first-order valence-electron chi connectivity index (χ1n) is 9.41. The third kappa shape index (κ3) is 2.60. The molecule has 0 saturated carbocycles. The number of pyridine rings is 2. The van der Waals surface area contributed by atoms with Crippen molar-refractivity contribution < 1.29 is 4.79 Å². The van der Waals surface area contributed by atoms with Crippen LogP contribution in [0.4, 0.5) is 0 Å². The van der Waals surface area contributed by atoms with Gasteiger partial charge < -0.3 is 9.88 Å². The van der Waals surface area contributed by atoms with E-state index in [1.165, 1.54) is 0 Å². The lowest BCUT2D eigenvalue weighted by molar-refractivity contribution is -0.130. The molecule has 1 saturated heterocycles. The number of imidazole rings is 1. The third-order valence-electron chi connectivity index (χ3n) is 5.47. The van der Waals surface area contributed by atoms with Gasteiger partial charge in [0.1, 0.15) is 0 Å².